The van der Waals surface area contributed by atoms with Crippen molar-refractivity contribution in [2.24, 2.45) is 0 Å². The smallest absolute Gasteiger partial charge is 0.112 e. The molecule has 4 atom stereocenters. The van der Waals surface area contributed by atoms with Crippen molar-refractivity contribution in [1.29, 1.82) is 0 Å². The minimum absolute atomic E-state index is 0.0360. The zero-order chi connectivity index (χ0) is 23.3. The van der Waals surface area contributed by atoms with Crippen molar-refractivity contribution in [2.75, 3.05) is 0 Å². The highest BCUT2D eigenvalue weighted by atomic mass is 127. The van der Waals surface area contributed by atoms with E-state index in [2.05, 4.69) is 138 Å². The van der Waals surface area contributed by atoms with E-state index in [4.69, 9.17) is 0 Å². The largest absolute Gasteiger partial charge is 0.287 e. The van der Waals surface area contributed by atoms with Crippen LogP contribution in [-0.2, 0) is 5.41 Å². The molecule has 0 bridgehead atoms. The topological polar surface area (TPSA) is 24.1 Å². The molecular weight excluding hydrogens is 527 g/mol. The van der Waals surface area contributed by atoms with Gasteiger partial charge < -0.3 is 0 Å². The second-order valence-corrected chi connectivity index (χ2v) is 11.6. The molecule has 0 radical (unpaired) electrons. The van der Waals surface area contributed by atoms with E-state index < -0.39 is 0 Å². The Morgan fingerprint density at radius 1 is 0.765 bits per heavy atom. The van der Waals surface area contributed by atoms with E-state index >= 15 is 0 Å². The van der Waals surface area contributed by atoms with E-state index in [1.807, 2.05) is 0 Å². The summed E-state index contributed by atoms with van der Waals surface area (Å²) in [5.74, 6) is 0.485. The first-order valence-corrected chi connectivity index (χ1v) is 13.6. The highest BCUT2D eigenvalue weighted by Crippen LogP contribution is 2.49. The summed E-state index contributed by atoms with van der Waals surface area (Å²) in [6.07, 6.45) is 11.0. The van der Waals surface area contributed by atoms with Crippen LogP contribution in [0.5, 0.6) is 0 Å². The molecule has 0 amide bonds. The molecule has 4 unspecified atom stereocenters. The van der Waals surface area contributed by atoms with Crippen LogP contribution in [-0.4, -0.2) is 4.17 Å². The maximum absolute atomic E-state index is 3.81. The number of nitrogens with one attached hydrogen (secondary N) is 2. The second-order valence-electron chi connectivity index (χ2n) is 10.3. The molecule has 3 aromatic rings. The summed E-state index contributed by atoms with van der Waals surface area (Å²) in [6, 6.07) is 25.9. The molecule has 3 aliphatic rings. The number of benzene rings is 3. The third-order valence-electron chi connectivity index (χ3n) is 7.90. The molecule has 0 saturated carbocycles. The van der Waals surface area contributed by atoms with E-state index in [-0.39, 0.29) is 9.59 Å². The molecular formula is C31H31IN2. The Hall–Kier alpha value is -2.21. The van der Waals surface area contributed by atoms with E-state index in [0.29, 0.717) is 18.0 Å². The summed E-state index contributed by atoms with van der Waals surface area (Å²) in [5.41, 5.74) is 9.90. The summed E-state index contributed by atoms with van der Waals surface area (Å²) < 4.78 is 0.223. The van der Waals surface area contributed by atoms with Crippen LogP contribution in [0, 0.1) is 0 Å². The lowest BCUT2D eigenvalue weighted by Crippen LogP contribution is -2.47. The zero-order valence-electron chi connectivity index (χ0n) is 19.8. The minimum Gasteiger partial charge on any atom is -0.287 e. The van der Waals surface area contributed by atoms with E-state index in [9.17, 15) is 0 Å². The molecule has 34 heavy (non-hydrogen) atoms. The number of halogens is 1. The lowest BCUT2D eigenvalue weighted by molar-refractivity contribution is 0.312. The average molecular weight is 559 g/mol. The molecule has 0 aromatic heterocycles. The van der Waals surface area contributed by atoms with Gasteiger partial charge in [0.05, 0.1) is 0 Å². The molecule has 1 fully saturated rings. The molecule has 1 saturated heterocycles. The second kappa shape index (κ2) is 8.78. The fraction of sp³-hybridized carbons (Fsp3) is 0.290. The number of rotatable bonds is 3. The van der Waals surface area contributed by atoms with Crippen molar-refractivity contribution in [3.63, 3.8) is 0 Å². The van der Waals surface area contributed by atoms with Crippen LogP contribution in [0.3, 0.4) is 0 Å². The molecule has 172 valence electrons. The molecule has 1 heterocycles. The lowest BCUT2D eigenvalue weighted by atomic mass is 9.81. The van der Waals surface area contributed by atoms with Crippen LogP contribution < -0.4 is 10.6 Å². The van der Waals surface area contributed by atoms with Crippen LogP contribution in [0.1, 0.15) is 72.5 Å². The molecule has 3 aromatic carbocycles. The Bertz CT molecular complexity index is 1290. The fourth-order valence-electron chi connectivity index (χ4n) is 6.01. The van der Waals surface area contributed by atoms with Gasteiger partial charge in [-0.15, -0.1) is 0 Å². The van der Waals surface area contributed by atoms with Crippen molar-refractivity contribution in [2.45, 2.75) is 54.3 Å². The predicted octanol–water partition coefficient (Wildman–Crippen LogP) is 7.68. The Balaban J connectivity index is 1.29. The number of alkyl halides is 1. The first-order valence-electron chi connectivity index (χ1n) is 12.3. The van der Waals surface area contributed by atoms with Crippen LogP contribution in [0.2, 0.25) is 0 Å². The van der Waals surface area contributed by atoms with Gasteiger partial charge in [0, 0.05) is 23.4 Å². The molecule has 3 heteroatoms. The van der Waals surface area contributed by atoms with Crippen LogP contribution in [0.25, 0.3) is 11.1 Å². The normalized spacial score (nSPS) is 26.8. The fourth-order valence-corrected chi connectivity index (χ4v) is 6.88. The summed E-state index contributed by atoms with van der Waals surface area (Å²) in [4.78, 5) is 0. The van der Waals surface area contributed by atoms with Gasteiger partial charge in [-0.05, 0) is 74.4 Å². The highest BCUT2D eigenvalue weighted by molar-refractivity contribution is 14.1. The van der Waals surface area contributed by atoms with Gasteiger partial charge in [0.15, 0.2) is 0 Å². The van der Waals surface area contributed by atoms with Gasteiger partial charge in [0.1, 0.15) is 4.17 Å². The molecule has 6 rings (SSSR count). The standard InChI is InChI=1S/C31H31IN2/c1-31(2)26-14-7-6-13-24(26)25-16-15-23(18-27(25)31)29-19-28(33-30(32)34-29)22-12-8-11-21(17-22)20-9-4-3-5-10-20/h3-9,11-18,20,28-30,33-34H,10,19H2,1-2H3. The quantitative estimate of drug-likeness (QED) is 0.196. The first kappa shape index (κ1) is 22.3. The van der Waals surface area contributed by atoms with Crippen LogP contribution >= 0.6 is 22.6 Å². The zero-order valence-corrected chi connectivity index (χ0v) is 21.9. The highest BCUT2D eigenvalue weighted by Gasteiger charge is 2.36. The Morgan fingerprint density at radius 3 is 2.29 bits per heavy atom. The maximum atomic E-state index is 3.81. The minimum atomic E-state index is 0.0360. The maximum Gasteiger partial charge on any atom is 0.112 e. The Morgan fingerprint density at radius 2 is 1.50 bits per heavy atom. The van der Waals surface area contributed by atoms with Gasteiger partial charge in [-0.3, -0.25) is 10.6 Å². The summed E-state index contributed by atoms with van der Waals surface area (Å²) >= 11 is 2.49. The molecule has 2 nitrogen and oxygen atoms in total. The van der Waals surface area contributed by atoms with Gasteiger partial charge in [-0.2, -0.15) is 0 Å². The number of hydrogen-bond acceptors (Lipinski definition) is 2. The number of hydrogen-bond donors (Lipinski definition) is 2. The molecule has 0 spiro atoms. The van der Waals surface area contributed by atoms with Crippen molar-refractivity contribution in [1.82, 2.24) is 10.6 Å². The monoisotopic (exact) mass is 558 g/mol. The van der Waals surface area contributed by atoms with Crippen molar-refractivity contribution < 1.29 is 0 Å². The van der Waals surface area contributed by atoms with Gasteiger partial charge in [-0.25, -0.2) is 0 Å². The van der Waals surface area contributed by atoms with Gasteiger partial charge in [0.2, 0.25) is 0 Å². The van der Waals surface area contributed by atoms with Crippen molar-refractivity contribution >= 4 is 22.6 Å². The summed E-state index contributed by atoms with van der Waals surface area (Å²) in [7, 11) is 0. The molecule has 2 N–H and O–H groups in total. The van der Waals surface area contributed by atoms with E-state index in [0.717, 1.165) is 12.8 Å². The van der Waals surface area contributed by atoms with E-state index in [1.54, 1.807) is 0 Å². The Labute approximate surface area is 216 Å². The Kier molecular flexibility index (Phi) is 5.75. The van der Waals surface area contributed by atoms with Gasteiger partial charge in [-0.1, -0.05) is 105 Å². The van der Waals surface area contributed by atoms with Gasteiger partial charge in [0.25, 0.3) is 0 Å². The lowest BCUT2D eigenvalue weighted by Gasteiger charge is -2.36. The number of fused-ring (bicyclic) bond motifs is 3. The van der Waals surface area contributed by atoms with E-state index in [1.165, 1.54) is 38.9 Å². The third-order valence-corrected chi connectivity index (χ3v) is 8.62. The first-order chi connectivity index (χ1) is 16.5. The predicted molar refractivity (Wildman–Crippen MR) is 150 cm³/mol. The van der Waals surface area contributed by atoms with Crippen molar-refractivity contribution in [3.8, 4) is 11.1 Å². The van der Waals surface area contributed by atoms with Crippen LogP contribution in [0.4, 0.5) is 0 Å². The average Bonchev–Trinajstić information content (AvgIpc) is 3.11. The van der Waals surface area contributed by atoms with Crippen molar-refractivity contribution in [3.05, 3.63) is 119 Å². The SMILES string of the molecule is CC1(C)c2ccccc2-c2ccc(C3CC(c4cccc(C5C=CC=CC5)c4)NC(I)N3)cc21. The molecule has 1 aliphatic heterocycles. The molecule has 2 aliphatic carbocycles. The summed E-state index contributed by atoms with van der Waals surface area (Å²) in [5, 5.41) is 7.59. The van der Waals surface area contributed by atoms with Crippen LogP contribution in [0.15, 0.2) is 91.0 Å². The number of allylic oxidation sites excluding steroid dienone is 4. The summed E-state index contributed by atoms with van der Waals surface area (Å²) in [6.45, 7) is 4.73. The van der Waals surface area contributed by atoms with Gasteiger partial charge >= 0.3 is 0 Å². The third kappa shape index (κ3) is 3.88.